The predicted molar refractivity (Wildman–Crippen MR) is 106 cm³/mol. The number of aromatic nitrogens is 2. The van der Waals surface area contributed by atoms with Crippen LogP contribution in [-0.2, 0) is 16.4 Å². The number of rotatable bonds is 5. The van der Waals surface area contributed by atoms with Gasteiger partial charge in [-0.15, -0.1) is 0 Å². The van der Waals surface area contributed by atoms with E-state index in [1.807, 2.05) is 31.2 Å². The molecule has 8 heteroatoms. The average Bonchev–Trinajstić information content (AvgIpc) is 3.20. The Balaban J connectivity index is 1.87. The van der Waals surface area contributed by atoms with Gasteiger partial charge in [0.2, 0.25) is 0 Å². The number of anilines is 1. The van der Waals surface area contributed by atoms with E-state index in [2.05, 4.69) is 14.4 Å². The minimum atomic E-state index is -3.84. The Labute approximate surface area is 161 Å². The van der Waals surface area contributed by atoms with Crippen molar-refractivity contribution in [2.24, 2.45) is 0 Å². The van der Waals surface area contributed by atoms with E-state index < -0.39 is 10.0 Å². The zero-order chi connectivity index (χ0) is 19.7. The number of para-hydroxylation sites is 1. The van der Waals surface area contributed by atoms with E-state index in [9.17, 15) is 13.2 Å². The van der Waals surface area contributed by atoms with Crippen molar-refractivity contribution in [3.63, 3.8) is 0 Å². The molecule has 4 rings (SSSR count). The molecule has 0 atom stereocenters. The second-order valence-electron chi connectivity index (χ2n) is 6.20. The lowest BCUT2D eigenvalue weighted by atomic mass is 10.1. The summed E-state index contributed by atoms with van der Waals surface area (Å²) in [6.45, 7) is 2.02. The maximum absolute atomic E-state index is 12.6. The maximum atomic E-state index is 12.6. The number of aryl methyl sites for hydroxylation is 1. The molecule has 0 unspecified atom stereocenters. The zero-order valence-corrected chi connectivity index (χ0v) is 15.8. The maximum Gasteiger partial charge on any atom is 0.263 e. The van der Waals surface area contributed by atoms with Crippen molar-refractivity contribution in [2.75, 3.05) is 4.72 Å². The monoisotopic (exact) mass is 395 g/mol. The zero-order valence-electron chi connectivity index (χ0n) is 15.0. The van der Waals surface area contributed by atoms with Gasteiger partial charge in [-0.25, -0.2) is 8.42 Å². The third-order valence-corrected chi connectivity index (χ3v) is 5.82. The van der Waals surface area contributed by atoms with E-state index in [0.29, 0.717) is 10.9 Å². The molecule has 2 aromatic carbocycles. The van der Waals surface area contributed by atoms with E-state index in [0.717, 1.165) is 17.7 Å². The summed E-state index contributed by atoms with van der Waals surface area (Å²) in [6.07, 6.45) is 2.05. The Bertz CT molecular complexity index is 1310. The second-order valence-corrected chi connectivity index (χ2v) is 7.88. The third-order valence-electron chi connectivity index (χ3n) is 4.47. The first-order chi connectivity index (χ1) is 13.5. The molecule has 0 aliphatic heterocycles. The highest BCUT2D eigenvalue weighted by atomic mass is 32.2. The molecule has 0 aliphatic carbocycles. The standard InChI is InChI=1S/C20H17N3O4S/c1-2-14-5-3-4-6-17(14)23-18-9-8-16(13-15(18)7-10-20(23)24)28(25,26)22-19-11-12-27-21-19/h3-13H,2H2,1H3,(H,21,22). The van der Waals surface area contributed by atoms with Crippen molar-refractivity contribution in [1.29, 1.82) is 0 Å². The summed E-state index contributed by atoms with van der Waals surface area (Å²) in [5, 5.41) is 4.20. The highest BCUT2D eigenvalue weighted by Gasteiger charge is 2.17. The van der Waals surface area contributed by atoms with Gasteiger partial charge in [0.1, 0.15) is 6.26 Å². The highest BCUT2D eigenvalue weighted by molar-refractivity contribution is 7.92. The van der Waals surface area contributed by atoms with Gasteiger partial charge in [-0.2, -0.15) is 0 Å². The smallest absolute Gasteiger partial charge is 0.263 e. The van der Waals surface area contributed by atoms with Crippen LogP contribution in [-0.4, -0.2) is 18.1 Å². The number of sulfonamides is 1. The van der Waals surface area contributed by atoms with Crippen LogP contribution in [0.5, 0.6) is 0 Å². The Morgan fingerprint density at radius 2 is 1.89 bits per heavy atom. The van der Waals surface area contributed by atoms with Gasteiger partial charge in [-0.3, -0.25) is 14.1 Å². The number of benzene rings is 2. The molecule has 0 radical (unpaired) electrons. The lowest BCUT2D eigenvalue weighted by Crippen LogP contribution is -2.19. The number of hydrogen-bond donors (Lipinski definition) is 1. The van der Waals surface area contributed by atoms with Gasteiger partial charge in [0.05, 0.1) is 16.1 Å². The lowest BCUT2D eigenvalue weighted by molar-refractivity contribution is 0.423. The molecule has 0 fully saturated rings. The topological polar surface area (TPSA) is 94.2 Å². The highest BCUT2D eigenvalue weighted by Crippen LogP contribution is 2.23. The summed E-state index contributed by atoms with van der Waals surface area (Å²) in [5.41, 5.74) is 2.27. The average molecular weight is 395 g/mol. The summed E-state index contributed by atoms with van der Waals surface area (Å²) in [5.74, 6) is 0.0990. The molecule has 0 amide bonds. The van der Waals surface area contributed by atoms with Gasteiger partial charge >= 0.3 is 0 Å². The van der Waals surface area contributed by atoms with Gasteiger partial charge in [0, 0.05) is 17.5 Å². The SMILES string of the molecule is CCc1ccccc1-n1c(=O)ccc2cc(S(=O)(=O)Nc3ccon3)ccc21. The van der Waals surface area contributed by atoms with Crippen LogP contribution in [0, 0.1) is 0 Å². The van der Waals surface area contributed by atoms with Crippen molar-refractivity contribution < 1.29 is 12.9 Å². The molecule has 2 heterocycles. The third kappa shape index (κ3) is 3.18. The molecule has 0 spiro atoms. The molecule has 7 nitrogen and oxygen atoms in total. The fourth-order valence-electron chi connectivity index (χ4n) is 3.13. The molecule has 0 bridgehead atoms. The number of nitrogens with one attached hydrogen (secondary N) is 1. The normalized spacial score (nSPS) is 11.6. The van der Waals surface area contributed by atoms with Crippen LogP contribution < -0.4 is 10.3 Å². The quantitative estimate of drug-likeness (QED) is 0.559. The van der Waals surface area contributed by atoms with E-state index in [1.165, 1.54) is 30.5 Å². The first-order valence-corrected chi connectivity index (χ1v) is 10.2. The minimum Gasteiger partial charge on any atom is -0.363 e. The van der Waals surface area contributed by atoms with Crippen LogP contribution >= 0.6 is 0 Å². The molecule has 142 valence electrons. The van der Waals surface area contributed by atoms with Crippen molar-refractivity contribution in [3.8, 4) is 5.69 Å². The van der Waals surface area contributed by atoms with Crippen molar-refractivity contribution in [3.05, 3.63) is 82.8 Å². The molecule has 0 aliphatic rings. The Kier molecular flexibility index (Phi) is 4.48. The second kappa shape index (κ2) is 6.97. The lowest BCUT2D eigenvalue weighted by Gasteiger charge is -2.14. The van der Waals surface area contributed by atoms with Gasteiger partial charge in [0.15, 0.2) is 5.82 Å². The number of fused-ring (bicyclic) bond motifs is 1. The summed E-state index contributed by atoms with van der Waals surface area (Å²) < 4.78 is 33.8. The van der Waals surface area contributed by atoms with Gasteiger partial charge in [0.25, 0.3) is 15.6 Å². The van der Waals surface area contributed by atoms with Crippen molar-refractivity contribution >= 4 is 26.7 Å². The summed E-state index contributed by atoms with van der Waals surface area (Å²) in [7, 11) is -3.84. The van der Waals surface area contributed by atoms with Crippen LogP contribution in [0.25, 0.3) is 16.6 Å². The Morgan fingerprint density at radius 3 is 2.64 bits per heavy atom. The first kappa shape index (κ1) is 18.0. The van der Waals surface area contributed by atoms with Gasteiger partial charge < -0.3 is 4.52 Å². The van der Waals surface area contributed by atoms with E-state index in [4.69, 9.17) is 0 Å². The predicted octanol–water partition coefficient (Wildman–Crippen LogP) is 3.34. The van der Waals surface area contributed by atoms with Gasteiger partial charge in [-0.1, -0.05) is 30.3 Å². The van der Waals surface area contributed by atoms with Crippen molar-refractivity contribution in [2.45, 2.75) is 18.2 Å². The first-order valence-electron chi connectivity index (χ1n) is 8.67. The number of nitrogens with zero attached hydrogens (tertiary/aromatic N) is 2. The molecular formula is C20H17N3O4S. The van der Waals surface area contributed by atoms with Gasteiger partial charge in [-0.05, 0) is 42.3 Å². The minimum absolute atomic E-state index is 0.0666. The summed E-state index contributed by atoms with van der Waals surface area (Å²) >= 11 is 0. The molecule has 0 saturated heterocycles. The molecular weight excluding hydrogens is 378 g/mol. The fraction of sp³-hybridized carbons (Fsp3) is 0.100. The number of hydrogen-bond acceptors (Lipinski definition) is 5. The largest absolute Gasteiger partial charge is 0.363 e. The van der Waals surface area contributed by atoms with Crippen LogP contribution in [0.1, 0.15) is 12.5 Å². The molecule has 2 aromatic heterocycles. The number of pyridine rings is 1. The molecule has 0 saturated carbocycles. The van der Waals surface area contributed by atoms with E-state index in [1.54, 1.807) is 16.7 Å². The van der Waals surface area contributed by atoms with Crippen LogP contribution in [0.3, 0.4) is 0 Å². The van der Waals surface area contributed by atoms with E-state index >= 15 is 0 Å². The molecule has 28 heavy (non-hydrogen) atoms. The van der Waals surface area contributed by atoms with Crippen LogP contribution in [0.15, 0.2) is 81.1 Å². The molecule has 4 aromatic rings. The Hall–Kier alpha value is -3.39. The Morgan fingerprint density at radius 1 is 1.07 bits per heavy atom. The summed E-state index contributed by atoms with van der Waals surface area (Å²) in [6, 6.07) is 16.8. The van der Waals surface area contributed by atoms with E-state index in [-0.39, 0.29) is 16.3 Å². The summed E-state index contributed by atoms with van der Waals surface area (Å²) in [4.78, 5) is 12.7. The van der Waals surface area contributed by atoms with Crippen LogP contribution in [0.2, 0.25) is 0 Å². The molecule has 1 N–H and O–H groups in total. The van der Waals surface area contributed by atoms with Crippen LogP contribution in [0.4, 0.5) is 5.82 Å². The fourth-order valence-corrected chi connectivity index (χ4v) is 4.16. The van der Waals surface area contributed by atoms with Crippen molar-refractivity contribution in [1.82, 2.24) is 9.72 Å².